The molecule has 0 bridgehead atoms. The first-order valence-electron chi connectivity index (χ1n) is 6.02. The summed E-state index contributed by atoms with van der Waals surface area (Å²) in [5, 5.41) is 2.94. The fourth-order valence-corrected chi connectivity index (χ4v) is 1.28. The molecular formula is C14H21Br3O2. The van der Waals surface area contributed by atoms with E-state index >= 15 is 0 Å². The highest BCUT2D eigenvalue weighted by Gasteiger charge is 2.11. The van der Waals surface area contributed by atoms with Crippen LogP contribution in [-0.2, 0) is 0 Å². The smallest absolute Gasteiger partial charge is 0.120 e. The molecule has 0 radical (unpaired) electrons. The molecule has 1 rings (SSSR count). The molecule has 0 amide bonds. The van der Waals surface area contributed by atoms with Gasteiger partial charge in [0.1, 0.15) is 17.1 Å². The molecule has 110 valence electrons. The summed E-state index contributed by atoms with van der Waals surface area (Å²) >= 11 is 9.71. The summed E-state index contributed by atoms with van der Waals surface area (Å²) in [5.74, 6) is 1.74. The number of hydrogen-bond donors (Lipinski definition) is 0. The molecule has 1 aromatic rings. The lowest BCUT2D eigenvalue weighted by Gasteiger charge is -2.21. The van der Waals surface area contributed by atoms with Crippen molar-refractivity contribution in [3.8, 4) is 11.5 Å². The van der Waals surface area contributed by atoms with E-state index in [1.807, 2.05) is 45.0 Å². The second-order valence-electron chi connectivity index (χ2n) is 4.60. The first-order chi connectivity index (χ1) is 8.92. The molecule has 0 aliphatic rings. The molecule has 0 aliphatic heterocycles. The van der Waals surface area contributed by atoms with Crippen LogP contribution in [0.1, 0.15) is 20.8 Å². The van der Waals surface area contributed by atoms with Crippen LogP contribution in [0.4, 0.5) is 0 Å². The maximum atomic E-state index is 5.70. The summed E-state index contributed by atoms with van der Waals surface area (Å²) in [5.41, 5.74) is -0.155. The van der Waals surface area contributed by atoms with Crippen LogP contribution in [0.25, 0.3) is 0 Å². The van der Waals surface area contributed by atoms with Gasteiger partial charge in [0.05, 0.1) is 6.61 Å². The van der Waals surface area contributed by atoms with E-state index in [2.05, 4.69) is 47.8 Å². The molecule has 0 saturated heterocycles. The SMILES string of the molecule is BrCCBr.CC(C)(C)Oc1ccc(OCCBr)cc1. The molecule has 1 aromatic carbocycles. The second kappa shape index (κ2) is 11.0. The van der Waals surface area contributed by atoms with Crippen LogP contribution in [0, 0.1) is 0 Å². The van der Waals surface area contributed by atoms with Crippen LogP contribution in [0.15, 0.2) is 24.3 Å². The van der Waals surface area contributed by atoms with E-state index in [-0.39, 0.29) is 5.60 Å². The molecule has 0 fully saturated rings. The van der Waals surface area contributed by atoms with E-state index in [1.165, 1.54) is 0 Å². The molecule has 0 saturated carbocycles. The molecular weight excluding hydrogens is 440 g/mol. The molecule has 0 aromatic heterocycles. The van der Waals surface area contributed by atoms with Crippen LogP contribution in [-0.4, -0.2) is 28.2 Å². The highest BCUT2D eigenvalue weighted by Crippen LogP contribution is 2.21. The van der Waals surface area contributed by atoms with Crippen LogP contribution in [0.2, 0.25) is 0 Å². The van der Waals surface area contributed by atoms with Crippen molar-refractivity contribution in [1.82, 2.24) is 0 Å². The third-order valence-corrected chi connectivity index (χ3v) is 3.85. The van der Waals surface area contributed by atoms with Crippen molar-refractivity contribution in [1.29, 1.82) is 0 Å². The number of rotatable bonds is 5. The predicted molar refractivity (Wildman–Crippen MR) is 93.7 cm³/mol. The molecule has 19 heavy (non-hydrogen) atoms. The van der Waals surface area contributed by atoms with Crippen molar-refractivity contribution < 1.29 is 9.47 Å². The second-order valence-corrected chi connectivity index (χ2v) is 6.98. The van der Waals surface area contributed by atoms with Gasteiger partial charge in [0.25, 0.3) is 0 Å². The van der Waals surface area contributed by atoms with Crippen molar-refractivity contribution in [2.45, 2.75) is 26.4 Å². The van der Waals surface area contributed by atoms with Crippen molar-refractivity contribution >= 4 is 47.8 Å². The highest BCUT2D eigenvalue weighted by atomic mass is 79.9. The maximum Gasteiger partial charge on any atom is 0.120 e. The van der Waals surface area contributed by atoms with Crippen LogP contribution >= 0.6 is 47.8 Å². The van der Waals surface area contributed by atoms with E-state index in [1.54, 1.807) is 0 Å². The first kappa shape index (κ1) is 19.3. The maximum absolute atomic E-state index is 5.70. The van der Waals surface area contributed by atoms with Crippen molar-refractivity contribution in [3.63, 3.8) is 0 Å². The van der Waals surface area contributed by atoms with Gasteiger partial charge in [-0.25, -0.2) is 0 Å². The van der Waals surface area contributed by atoms with Crippen LogP contribution < -0.4 is 9.47 Å². The Morgan fingerprint density at radius 1 is 0.842 bits per heavy atom. The van der Waals surface area contributed by atoms with Crippen LogP contribution in [0.3, 0.4) is 0 Å². The van der Waals surface area contributed by atoms with E-state index < -0.39 is 0 Å². The monoisotopic (exact) mass is 458 g/mol. The molecule has 5 heteroatoms. The number of hydrogen-bond acceptors (Lipinski definition) is 2. The van der Waals surface area contributed by atoms with Crippen molar-refractivity contribution in [3.05, 3.63) is 24.3 Å². The fraction of sp³-hybridized carbons (Fsp3) is 0.571. The minimum Gasteiger partial charge on any atom is -0.493 e. The average Bonchev–Trinajstić information content (AvgIpc) is 2.36. The Balaban J connectivity index is 0.000000711. The number of alkyl halides is 3. The molecule has 0 atom stereocenters. The third kappa shape index (κ3) is 11.8. The van der Waals surface area contributed by atoms with Crippen LogP contribution in [0.5, 0.6) is 11.5 Å². The van der Waals surface area contributed by atoms with Gasteiger partial charge in [-0.2, -0.15) is 0 Å². The zero-order valence-corrected chi connectivity index (χ0v) is 16.3. The van der Waals surface area contributed by atoms with Gasteiger partial charge in [0.15, 0.2) is 0 Å². The summed E-state index contributed by atoms with van der Waals surface area (Å²) in [6, 6.07) is 7.69. The minimum absolute atomic E-state index is 0.155. The lowest BCUT2D eigenvalue weighted by atomic mass is 10.2. The van der Waals surface area contributed by atoms with E-state index in [9.17, 15) is 0 Å². The van der Waals surface area contributed by atoms with Gasteiger partial charge < -0.3 is 9.47 Å². The Bertz CT molecular complexity index is 318. The molecule has 0 spiro atoms. The largest absolute Gasteiger partial charge is 0.493 e. The Kier molecular flexibility index (Phi) is 11.1. The zero-order valence-electron chi connectivity index (χ0n) is 11.6. The van der Waals surface area contributed by atoms with E-state index in [0.717, 1.165) is 27.5 Å². The molecule has 2 nitrogen and oxygen atoms in total. The van der Waals surface area contributed by atoms with E-state index in [0.29, 0.717) is 6.61 Å². The zero-order chi connectivity index (χ0) is 14.7. The normalized spacial score (nSPS) is 10.4. The van der Waals surface area contributed by atoms with Gasteiger partial charge in [-0.1, -0.05) is 47.8 Å². The highest BCUT2D eigenvalue weighted by molar-refractivity contribution is 9.12. The summed E-state index contributed by atoms with van der Waals surface area (Å²) in [6.07, 6.45) is 0. The number of ether oxygens (including phenoxy) is 2. The van der Waals surface area contributed by atoms with Gasteiger partial charge in [-0.15, -0.1) is 0 Å². The van der Waals surface area contributed by atoms with Gasteiger partial charge >= 0.3 is 0 Å². The first-order valence-corrected chi connectivity index (χ1v) is 9.39. The number of benzene rings is 1. The average molecular weight is 461 g/mol. The molecule has 0 N–H and O–H groups in total. The summed E-state index contributed by atoms with van der Waals surface area (Å²) in [7, 11) is 0. The number of halogens is 3. The van der Waals surface area contributed by atoms with Crippen molar-refractivity contribution in [2.24, 2.45) is 0 Å². The Labute approximate surface area is 141 Å². The molecule has 0 heterocycles. The summed E-state index contributed by atoms with van der Waals surface area (Å²) < 4.78 is 11.1. The van der Waals surface area contributed by atoms with Gasteiger partial charge in [-0.05, 0) is 45.0 Å². The summed E-state index contributed by atoms with van der Waals surface area (Å²) in [6.45, 7) is 6.77. The third-order valence-electron chi connectivity index (χ3n) is 1.67. The minimum atomic E-state index is -0.155. The van der Waals surface area contributed by atoms with Crippen molar-refractivity contribution in [2.75, 3.05) is 22.6 Å². The standard InChI is InChI=1S/C12H17BrO2.C2H4Br2/c1-12(2,3)15-11-6-4-10(5-7-11)14-9-8-13;3-1-2-4/h4-7H,8-9H2,1-3H3;1-2H2. The predicted octanol–water partition coefficient (Wildman–Crippen LogP) is 5.41. The Hall–Kier alpha value is 0.260. The lowest BCUT2D eigenvalue weighted by molar-refractivity contribution is 0.131. The Morgan fingerprint density at radius 2 is 1.32 bits per heavy atom. The quantitative estimate of drug-likeness (QED) is 0.547. The topological polar surface area (TPSA) is 18.5 Å². The molecule has 0 unspecified atom stereocenters. The fourth-order valence-electron chi connectivity index (χ4n) is 1.11. The van der Waals surface area contributed by atoms with E-state index in [4.69, 9.17) is 9.47 Å². The lowest BCUT2D eigenvalue weighted by Crippen LogP contribution is -2.22. The van der Waals surface area contributed by atoms with Gasteiger partial charge in [-0.3, -0.25) is 0 Å². The van der Waals surface area contributed by atoms with Gasteiger partial charge in [0, 0.05) is 16.0 Å². The molecule has 0 aliphatic carbocycles. The Morgan fingerprint density at radius 3 is 1.68 bits per heavy atom. The van der Waals surface area contributed by atoms with Gasteiger partial charge in [0.2, 0.25) is 0 Å². The summed E-state index contributed by atoms with van der Waals surface area (Å²) in [4.78, 5) is 0.